The first kappa shape index (κ1) is 11.4. The van der Waals surface area contributed by atoms with E-state index < -0.39 is 6.10 Å². The first-order chi connectivity index (χ1) is 9.24. The predicted molar refractivity (Wildman–Crippen MR) is 73.6 cm³/mol. The van der Waals surface area contributed by atoms with Crippen LogP contribution in [0.4, 0.5) is 0 Å². The van der Waals surface area contributed by atoms with Crippen molar-refractivity contribution in [3.8, 4) is 11.4 Å². The minimum Gasteiger partial charge on any atom is -0.387 e. The highest BCUT2D eigenvalue weighted by Gasteiger charge is 2.50. The van der Waals surface area contributed by atoms with Crippen molar-refractivity contribution in [3.05, 3.63) is 47.8 Å². The molecular weight excluding hydrogens is 256 g/mol. The van der Waals surface area contributed by atoms with Gasteiger partial charge in [0.15, 0.2) is 12.4 Å². The quantitative estimate of drug-likeness (QED) is 0.801. The zero-order valence-corrected chi connectivity index (χ0v) is 11.8. The second-order valence-corrected chi connectivity index (χ2v) is 6.15. The molecule has 3 atom stereocenters. The predicted octanol–water partition coefficient (Wildman–Crippen LogP) is 1.76. The summed E-state index contributed by atoms with van der Waals surface area (Å²) in [6.07, 6.45) is 6.16. The van der Waals surface area contributed by atoms with Crippen LogP contribution in [-0.2, 0) is 0 Å². The van der Waals surface area contributed by atoms with E-state index in [1.54, 1.807) is 11.8 Å². The maximum Gasteiger partial charge on any atom is 0.350 e. The van der Waals surface area contributed by atoms with Crippen molar-refractivity contribution in [2.75, 3.05) is 6.26 Å². The number of pyridine rings is 2. The molecule has 0 saturated carbocycles. The van der Waals surface area contributed by atoms with Crippen molar-refractivity contribution in [2.45, 2.75) is 24.4 Å². The van der Waals surface area contributed by atoms with Gasteiger partial charge < -0.3 is 5.11 Å². The number of thioether (sulfide) groups is 1. The van der Waals surface area contributed by atoms with Gasteiger partial charge in [-0.25, -0.2) is 0 Å². The van der Waals surface area contributed by atoms with Gasteiger partial charge in [0.2, 0.25) is 0 Å². The molecule has 2 aromatic rings. The lowest BCUT2D eigenvalue weighted by atomic mass is 9.90. The molecule has 4 rings (SSSR count). The highest BCUT2D eigenvalue weighted by atomic mass is 32.2. The Morgan fingerprint density at radius 2 is 1.63 bits per heavy atom. The molecule has 0 spiro atoms. The van der Waals surface area contributed by atoms with Crippen LogP contribution in [0, 0.1) is 0 Å². The normalized spacial score (nSPS) is 26.4. The Labute approximate surface area is 116 Å². The van der Waals surface area contributed by atoms with E-state index in [1.165, 1.54) is 17.0 Å². The first-order valence-electron chi connectivity index (χ1n) is 6.53. The molecule has 1 aliphatic heterocycles. The minimum absolute atomic E-state index is 0.121. The van der Waals surface area contributed by atoms with E-state index >= 15 is 0 Å². The average Bonchev–Trinajstić information content (AvgIpc) is 2.74. The van der Waals surface area contributed by atoms with E-state index in [4.69, 9.17) is 0 Å². The number of aliphatic hydroxyl groups excluding tert-OH is 1. The molecule has 2 aliphatic rings. The van der Waals surface area contributed by atoms with Crippen LogP contribution in [-0.4, -0.2) is 11.4 Å². The standard InChI is InChI=1S/C15H16N2OS/c1-9-16-7-3-5-10-12(16)13-11(6-4-8-17(9)13)15(19-2)14(10)18/h3-9,14-15,18H,1-2H3/q+2. The summed E-state index contributed by atoms with van der Waals surface area (Å²) in [5.41, 5.74) is 4.76. The number of aromatic nitrogens is 2. The fourth-order valence-corrected chi connectivity index (χ4v) is 4.26. The summed E-state index contributed by atoms with van der Waals surface area (Å²) >= 11 is 1.72. The van der Waals surface area contributed by atoms with Gasteiger partial charge in [0, 0.05) is 17.7 Å². The maximum atomic E-state index is 10.7. The Kier molecular flexibility index (Phi) is 2.29. The van der Waals surface area contributed by atoms with Gasteiger partial charge in [0.25, 0.3) is 11.4 Å². The van der Waals surface area contributed by atoms with Crippen LogP contribution in [0.15, 0.2) is 36.7 Å². The molecule has 0 amide bonds. The Balaban J connectivity index is 2.14. The Hall–Kier alpha value is -1.39. The molecule has 19 heavy (non-hydrogen) atoms. The van der Waals surface area contributed by atoms with E-state index in [9.17, 15) is 5.11 Å². The average molecular weight is 272 g/mol. The highest BCUT2D eigenvalue weighted by molar-refractivity contribution is 7.98. The molecule has 1 N–H and O–H groups in total. The molecule has 96 valence electrons. The minimum atomic E-state index is -0.425. The smallest absolute Gasteiger partial charge is 0.350 e. The van der Waals surface area contributed by atoms with E-state index in [-0.39, 0.29) is 11.4 Å². The topological polar surface area (TPSA) is 28.0 Å². The highest BCUT2D eigenvalue weighted by Crippen LogP contribution is 2.48. The molecule has 3 unspecified atom stereocenters. The summed E-state index contributed by atoms with van der Waals surface area (Å²) in [6, 6.07) is 8.32. The summed E-state index contributed by atoms with van der Waals surface area (Å²) in [6.45, 7) is 2.19. The molecular formula is C15H16N2OS+2. The molecule has 0 saturated heterocycles. The number of aliphatic hydroxyl groups is 1. The third-order valence-corrected chi connectivity index (χ3v) is 5.32. The van der Waals surface area contributed by atoms with Crippen LogP contribution < -0.4 is 9.13 Å². The van der Waals surface area contributed by atoms with Crippen molar-refractivity contribution in [1.82, 2.24) is 0 Å². The van der Waals surface area contributed by atoms with Gasteiger partial charge in [-0.15, -0.1) is 9.13 Å². The van der Waals surface area contributed by atoms with Crippen LogP contribution in [0.25, 0.3) is 11.4 Å². The largest absolute Gasteiger partial charge is 0.387 e. The number of rotatable bonds is 1. The van der Waals surface area contributed by atoms with Crippen molar-refractivity contribution < 1.29 is 14.2 Å². The fourth-order valence-electron chi connectivity index (χ4n) is 3.42. The van der Waals surface area contributed by atoms with Crippen molar-refractivity contribution in [3.63, 3.8) is 0 Å². The second-order valence-electron chi connectivity index (χ2n) is 5.17. The SMILES string of the molecule is CSC1c2ccc[n+]3c2-c2c(ccc[n+]2C3C)C1O. The van der Waals surface area contributed by atoms with Gasteiger partial charge in [0.05, 0.1) is 17.7 Å². The summed E-state index contributed by atoms with van der Waals surface area (Å²) in [5, 5.41) is 10.8. The van der Waals surface area contributed by atoms with E-state index in [2.05, 4.69) is 52.9 Å². The number of nitrogens with zero attached hydrogens (tertiary/aromatic N) is 2. The van der Waals surface area contributed by atoms with Crippen LogP contribution in [0.2, 0.25) is 0 Å². The molecule has 0 bridgehead atoms. The van der Waals surface area contributed by atoms with E-state index in [1.807, 2.05) is 6.07 Å². The van der Waals surface area contributed by atoms with E-state index in [0.29, 0.717) is 0 Å². The van der Waals surface area contributed by atoms with Crippen LogP contribution in [0.5, 0.6) is 0 Å². The maximum absolute atomic E-state index is 10.7. The summed E-state index contributed by atoms with van der Waals surface area (Å²) in [5.74, 6) is 0. The molecule has 3 nitrogen and oxygen atoms in total. The molecule has 2 aromatic heterocycles. The van der Waals surface area contributed by atoms with E-state index in [0.717, 1.165) is 5.56 Å². The number of hydrogen-bond acceptors (Lipinski definition) is 2. The third kappa shape index (κ3) is 1.28. The lowest BCUT2D eigenvalue weighted by molar-refractivity contribution is -0.906. The zero-order valence-electron chi connectivity index (χ0n) is 10.9. The molecule has 4 heteroatoms. The van der Waals surface area contributed by atoms with Crippen molar-refractivity contribution in [1.29, 1.82) is 0 Å². The zero-order chi connectivity index (χ0) is 13.1. The lowest BCUT2D eigenvalue weighted by Gasteiger charge is -2.24. The van der Waals surface area contributed by atoms with Crippen molar-refractivity contribution >= 4 is 11.8 Å². The monoisotopic (exact) mass is 272 g/mol. The Morgan fingerprint density at radius 3 is 2.26 bits per heavy atom. The van der Waals surface area contributed by atoms with Gasteiger partial charge in [-0.2, -0.15) is 11.8 Å². The number of hydrogen-bond donors (Lipinski definition) is 1. The molecule has 1 aliphatic carbocycles. The third-order valence-electron chi connectivity index (χ3n) is 4.30. The molecule has 0 radical (unpaired) electrons. The summed E-state index contributed by atoms with van der Waals surface area (Å²) < 4.78 is 4.57. The van der Waals surface area contributed by atoms with Gasteiger partial charge in [-0.3, -0.25) is 0 Å². The fraction of sp³-hybridized carbons (Fsp3) is 0.333. The lowest BCUT2D eigenvalue weighted by Crippen LogP contribution is -2.49. The molecule has 0 aromatic carbocycles. The van der Waals surface area contributed by atoms with Gasteiger partial charge in [-0.05, 0) is 18.4 Å². The van der Waals surface area contributed by atoms with Crippen LogP contribution >= 0.6 is 11.8 Å². The van der Waals surface area contributed by atoms with Gasteiger partial charge >= 0.3 is 6.17 Å². The van der Waals surface area contributed by atoms with Crippen LogP contribution in [0.3, 0.4) is 0 Å². The van der Waals surface area contributed by atoms with Gasteiger partial charge in [-0.1, -0.05) is 0 Å². The summed E-state index contributed by atoms with van der Waals surface area (Å²) in [4.78, 5) is 0. The Morgan fingerprint density at radius 1 is 1.05 bits per heavy atom. The Bertz CT molecular complexity index is 686. The van der Waals surface area contributed by atoms with Crippen LogP contribution in [0.1, 0.15) is 35.6 Å². The first-order valence-corrected chi connectivity index (χ1v) is 7.82. The van der Waals surface area contributed by atoms with Crippen molar-refractivity contribution in [2.24, 2.45) is 0 Å². The second kappa shape index (κ2) is 3.81. The van der Waals surface area contributed by atoms with Gasteiger partial charge in [0.1, 0.15) is 6.10 Å². The summed E-state index contributed by atoms with van der Waals surface area (Å²) in [7, 11) is 0. The molecule has 0 fully saturated rings. The molecule has 3 heterocycles.